The van der Waals surface area contributed by atoms with Gasteiger partial charge in [-0.3, -0.25) is 14.4 Å². The summed E-state index contributed by atoms with van der Waals surface area (Å²) in [7, 11) is 0. The van der Waals surface area contributed by atoms with Crippen LogP contribution in [0.1, 0.15) is 303 Å². The number of carbonyl (C=O) groups is 3. The lowest BCUT2D eigenvalue weighted by atomic mass is 10.0. The average molecular weight is 1040 g/mol. The van der Waals surface area contributed by atoms with E-state index >= 15 is 0 Å². The highest BCUT2D eigenvalue weighted by molar-refractivity contribution is 5.71. The van der Waals surface area contributed by atoms with E-state index in [4.69, 9.17) is 14.2 Å². The first-order valence-corrected chi connectivity index (χ1v) is 31.7. The third-order valence-corrected chi connectivity index (χ3v) is 13.6. The zero-order valence-corrected chi connectivity index (χ0v) is 49.3. The van der Waals surface area contributed by atoms with Crippen LogP contribution < -0.4 is 0 Å². The maximum Gasteiger partial charge on any atom is 0.306 e. The van der Waals surface area contributed by atoms with E-state index in [1.165, 1.54) is 167 Å². The van der Waals surface area contributed by atoms with Crippen molar-refractivity contribution in [1.29, 1.82) is 0 Å². The van der Waals surface area contributed by atoms with E-state index in [0.717, 1.165) is 89.9 Å². The van der Waals surface area contributed by atoms with Crippen molar-refractivity contribution in [3.05, 3.63) is 97.2 Å². The van der Waals surface area contributed by atoms with Crippen LogP contribution >= 0.6 is 0 Å². The maximum atomic E-state index is 12.9. The van der Waals surface area contributed by atoms with E-state index in [9.17, 15) is 14.4 Å². The van der Waals surface area contributed by atoms with Gasteiger partial charge in [0, 0.05) is 19.3 Å². The molecule has 0 spiro atoms. The van der Waals surface area contributed by atoms with E-state index < -0.39 is 6.10 Å². The van der Waals surface area contributed by atoms with Gasteiger partial charge in [0.25, 0.3) is 0 Å². The van der Waals surface area contributed by atoms with E-state index in [2.05, 4.69) is 112 Å². The lowest BCUT2D eigenvalue weighted by Gasteiger charge is -2.18. The summed E-state index contributed by atoms with van der Waals surface area (Å²) in [5, 5.41) is 0. The molecule has 0 aromatic rings. The van der Waals surface area contributed by atoms with Crippen LogP contribution in [0.2, 0.25) is 0 Å². The van der Waals surface area contributed by atoms with Crippen molar-refractivity contribution in [2.24, 2.45) is 0 Å². The first-order valence-electron chi connectivity index (χ1n) is 31.7. The smallest absolute Gasteiger partial charge is 0.306 e. The molecule has 0 aromatic carbocycles. The van der Waals surface area contributed by atoms with Crippen LogP contribution in [-0.2, 0) is 28.6 Å². The Labute approximate surface area is 464 Å². The molecule has 0 amide bonds. The minimum absolute atomic E-state index is 0.103. The van der Waals surface area contributed by atoms with E-state index in [0.29, 0.717) is 19.3 Å². The third kappa shape index (κ3) is 61.1. The normalized spacial score (nSPS) is 12.7. The Morgan fingerprint density at radius 1 is 0.280 bits per heavy atom. The van der Waals surface area contributed by atoms with E-state index in [1.54, 1.807) is 0 Å². The van der Waals surface area contributed by atoms with Crippen molar-refractivity contribution in [2.75, 3.05) is 13.2 Å². The van der Waals surface area contributed by atoms with Crippen molar-refractivity contribution in [3.8, 4) is 0 Å². The monoisotopic (exact) mass is 1040 g/mol. The van der Waals surface area contributed by atoms with Gasteiger partial charge in [-0.05, 0) is 103 Å². The molecule has 6 nitrogen and oxygen atoms in total. The van der Waals surface area contributed by atoms with Crippen LogP contribution in [0.25, 0.3) is 0 Å². The Bertz CT molecular complexity index is 1480. The Kier molecular flexibility index (Phi) is 59.8. The van der Waals surface area contributed by atoms with Crippen LogP contribution in [0.5, 0.6) is 0 Å². The van der Waals surface area contributed by atoms with Gasteiger partial charge in [-0.2, -0.15) is 0 Å². The molecule has 0 heterocycles. The number of allylic oxidation sites excluding steroid dienone is 16. The summed E-state index contributed by atoms with van der Waals surface area (Å²) in [6, 6.07) is 0. The van der Waals surface area contributed by atoms with E-state index in [-0.39, 0.29) is 37.5 Å². The fourth-order valence-corrected chi connectivity index (χ4v) is 8.88. The van der Waals surface area contributed by atoms with E-state index in [1.807, 2.05) is 6.08 Å². The summed E-state index contributed by atoms with van der Waals surface area (Å²) < 4.78 is 16.8. The van der Waals surface area contributed by atoms with Crippen molar-refractivity contribution >= 4 is 17.9 Å². The Hall–Kier alpha value is -3.67. The lowest BCUT2D eigenvalue weighted by Crippen LogP contribution is -2.30. The number of esters is 3. The standard InChI is InChI=1S/C69H118O6/c1-4-7-10-13-16-19-22-25-27-29-30-31-32-33-34-35-36-37-38-40-41-44-47-50-53-56-59-62-68(71)74-65-66(64-73-67(70)61-58-55-52-49-46-43-24-21-18-15-12-9-6-3)75-69(72)63-60-57-54-51-48-45-42-39-28-26-23-20-17-14-11-8-5-2/h8-9,11-12,17-18,20-21,26,28-30,43,46,52,55,66H,4-7,10,13-16,19,22-25,27,31-42,44-45,47-51,53-54,56-65H2,1-3H3/b11-8-,12-9-,20-17-,21-18-,28-26-,30-29-,46-43-,55-52-. The topological polar surface area (TPSA) is 78.9 Å². The van der Waals surface area contributed by atoms with Gasteiger partial charge in [-0.15, -0.1) is 0 Å². The molecule has 0 saturated heterocycles. The second-order valence-corrected chi connectivity index (χ2v) is 20.9. The van der Waals surface area contributed by atoms with Crippen LogP contribution in [0.4, 0.5) is 0 Å². The SMILES string of the molecule is CC/C=C\C/C=C\C/C=C\C/C=C\CCC(=O)OCC(COC(=O)CCCCCCCCCCCCCCCCC/C=C\CCCCCCCCCC)OC(=O)CCCCCCCCC/C=C\C/C=C\C/C=C\CC. The van der Waals surface area contributed by atoms with Gasteiger partial charge in [0.15, 0.2) is 6.10 Å². The van der Waals surface area contributed by atoms with Gasteiger partial charge < -0.3 is 14.2 Å². The number of carbonyl (C=O) groups excluding carboxylic acids is 3. The third-order valence-electron chi connectivity index (χ3n) is 13.6. The molecule has 0 aliphatic heterocycles. The van der Waals surface area contributed by atoms with Crippen molar-refractivity contribution in [3.63, 3.8) is 0 Å². The summed E-state index contributed by atoms with van der Waals surface area (Å²) in [5.41, 5.74) is 0. The Balaban J connectivity index is 4.29. The molecule has 0 aliphatic carbocycles. The largest absolute Gasteiger partial charge is 0.462 e. The minimum atomic E-state index is -0.813. The Morgan fingerprint density at radius 2 is 0.547 bits per heavy atom. The van der Waals surface area contributed by atoms with Crippen LogP contribution in [-0.4, -0.2) is 37.2 Å². The first kappa shape index (κ1) is 71.3. The zero-order valence-electron chi connectivity index (χ0n) is 49.3. The van der Waals surface area contributed by atoms with Crippen LogP contribution in [0, 0.1) is 0 Å². The van der Waals surface area contributed by atoms with Crippen molar-refractivity contribution in [2.45, 2.75) is 309 Å². The molecule has 430 valence electrons. The highest BCUT2D eigenvalue weighted by Gasteiger charge is 2.19. The highest BCUT2D eigenvalue weighted by atomic mass is 16.6. The summed E-state index contributed by atoms with van der Waals surface area (Å²) in [4.78, 5) is 38.2. The molecule has 0 aliphatic rings. The average Bonchev–Trinajstić information content (AvgIpc) is 3.41. The van der Waals surface area contributed by atoms with Gasteiger partial charge in [-0.1, -0.05) is 279 Å². The molecular weight excluding hydrogens is 925 g/mol. The molecule has 0 radical (unpaired) electrons. The summed E-state index contributed by atoms with van der Waals surface area (Å²) >= 11 is 0. The summed E-state index contributed by atoms with van der Waals surface area (Å²) in [5.74, 6) is -0.990. The fourth-order valence-electron chi connectivity index (χ4n) is 8.88. The van der Waals surface area contributed by atoms with Crippen LogP contribution in [0.15, 0.2) is 97.2 Å². The molecular formula is C69H118O6. The van der Waals surface area contributed by atoms with Crippen LogP contribution in [0.3, 0.4) is 0 Å². The molecule has 0 saturated carbocycles. The Morgan fingerprint density at radius 3 is 0.907 bits per heavy atom. The second kappa shape index (κ2) is 62.9. The lowest BCUT2D eigenvalue weighted by molar-refractivity contribution is -0.166. The quantitative estimate of drug-likeness (QED) is 0.0261. The molecule has 0 N–H and O–H groups in total. The number of hydrogen-bond acceptors (Lipinski definition) is 6. The predicted molar refractivity (Wildman–Crippen MR) is 325 cm³/mol. The number of unbranched alkanes of at least 4 members (excludes halogenated alkanes) is 30. The maximum absolute atomic E-state index is 12.9. The fraction of sp³-hybridized carbons (Fsp3) is 0.725. The van der Waals surface area contributed by atoms with Gasteiger partial charge in [0.2, 0.25) is 0 Å². The van der Waals surface area contributed by atoms with Crippen molar-refractivity contribution in [1.82, 2.24) is 0 Å². The molecule has 75 heavy (non-hydrogen) atoms. The highest BCUT2D eigenvalue weighted by Crippen LogP contribution is 2.16. The molecule has 1 unspecified atom stereocenters. The number of ether oxygens (including phenoxy) is 3. The molecule has 0 aromatic heterocycles. The first-order chi connectivity index (χ1) is 37.0. The molecule has 1 atom stereocenters. The molecule has 0 bridgehead atoms. The number of hydrogen-bond donors (Lipinski definition) is 0. The molecule has 6 heteroatoms. The van der Waals surface area contributed by atoms with Gasteiger partial charge in [0.05, 0.1) is 0 Å². The molecule has 0 fully saturated rings. The zero-order chi connectivity index (χ0) is 54.3. The minimum Gasteiger partial charge on any atom is -0.462 e. The summed E-state index contributed by atoms with van der Waals surface area (Å²) in [6.45, 7) is 6.36. The van der Waals surface area contributed by atoms with Crippen molar-refractivity contribution < 1.29 is 28.6 Å². The molecule has 0 rings (SSSR count). The van der Waals surface area contributed by atoms with Gasteiger partial charge in [-0.25, -0.2) is 0 Å². The predicted octanol–water partition coefficient (Wildman–Crippen LogP) is 21.7. The number of rotatable bonds is 57. The summed E-state index contributed by atoms with van der Waals surface area (Å²) in [6.07, 6.45) is 84.4. The second-order valence-electron chi connectivity index (χ2n) is 20.9. The van der Waals surface area contributed by atoms with Gasteiger partial charge in [0.1, 0.15) is 13.2 Å². The van der Waals surface area contributed by atoms with Gasteiger partial charge >= 0.3 is 17.9 Å².